The molecule has 0 saturated carbocycles. The Morgan fingerprint density at radius 2 is 1.87 bits per heavy atom. The molecule has 1 unspecified atom stereocenters. The topological polar surface area (TPSA) is 49.3 Å². The Balaban J connectivity index is 2.73. The van der Waals surface area contributed by atoms with Gasteiger partial charge in [-0.1, -0.05) is 17.2 Å². The van der Waals surface area contributed by atoms with E-state index in [9.17, 15) is 4.79 Å². The number of hydrogen-bond donors (Lipinski definition) is 2. The summed E-state index contributed by atoms with van der Waals surface area (Å²) in [6.45, 7) is 5.84. The summed E-state index contributed by atoms with van der Waals surface area (Å²) in [6.07, 6.45) is -0.514. The number of aliphatic hydroxyl groups excluding tert-OH is 1. The van der Waals surface area contributed by atoms with E-state index in [-0.39, 0.29) is 12.5 Å². The number of benzene rings is 1. The van der Waals surface area contributed by atoms with E-state index in [0.717, 1.165) is 11.1 Å². The average Bonchev–Trinajstić information content (AvgIpc) is 2.12. The lowest BCUT2D eigenvalue weighted by molar-refractivity contribution is 0.0924. The first-order valence-electron chi connectivity index (χ1n) is 5.03. The fraction of sp³-hybridized carbons (Fsp3) is 0.417. The number of amides is 1. The third-order valence-corrected chi connectivity index (χ3v) is 2.04. The molecule has 3 heteroatoms. The second-order valence-electron chi connectivity index (χ2n) is 3.94. The van der Waals surface area contributed by atoms with Gasteiger partial charge in [-0.05, 0) is 32.9 Å². The largest absolute Gasteiger partial charge is 0.392 e. The number of nitrogens with one attached hydrogen (secondary N) is 1. The van der Waals surface area contributed by atoms with Gasteiger partial charge >= 0.3 is 0 Å². The van der Waals surface area contributed by atoms with Crippen LogP contribution in [0.25, 0.3) is 0 Å². The van der Waals surface area contributed by atoms with Crippen molar-refractivity contribution in [2.75, 3.05) is 6.54 Å². The van der Waals surface area contributed by atoms with Gasteiger partial charge in [0.05, 0.1) is 6.10 Å². The van der Waals surface area contributed by atoms with E-state index >= 15 is 0 Å². The molecule has 1 atom stereocenters. The van der Waals surface area contributed by atoms with Crippen molar-refractivity contribution in [2.45, 2.75) is 26.9 Å². The molecule has 0 aromatic heterocycles. The Morgan fingerprint density at radius 1 is 1.33 bits per heavy atom. The van der Waals surface area contributed by atoms with Crippen molar-refractivity contribution in [3.05, 3.63) is 34.9 Å². The molecule has 0 bridgehead atoms. The van der Waals surface area contributed by atoms with E-state index < -0.39 is 6.10 Å². The molecular weight excluding hydrogens is 190 g/mol. The van der Waals surface area contributed by atoms with E-state index in [1.165, 1.54) is 0 Å². The maximum Gasteiger partial charge on any atom is 0.251 e. The van der Waals surface area contributed by atoms with Crippen LogP contribution in [0, 0.1) is 13.8 Å². The van der Waals surface area contributed by atoms with Gasteiger partial charge in [0.2, 0.25) is 0 Å². The molecule has 1 rings (SSSR count). The normalized spacial score (nSPS) is 12.3. The highest BCUT2D eigenvalue weighted by Crippen LogP contribution is 2.08. The minimum atomic E-state index is -0.514. The van der Waals surface area contributed by atoms with Gasteiger partial charge in [-0.25, -0.2) is 0 Å². The lowest BCUT2D eigenvalue weighted by Crippen LogP contribution is -2.30. The Hall–Kier alpha value is -1.35. The summed E-state index contributed by atoms with van der Waals surface area (Å²) < 4.78 is 0. The van der Waals surface area contributed by atoms with Gasteiger partial charge in [0.1, 0.15) is 0 Å². The number of hydrogen-bond acceptors (Lipinski definition) is 2. The minimum absolute atomic E-state index is 0.136. The number of rotatable bonds is 3. The van der Waals surface area contributed by atoms with Gasteiger partial charge in [0.25, 0.3) is 5.91 Å². The lowest BCUT2D eigenvalue weighted by atomic mass is 10.1. The van der Waals surface area contributed by atoms with Crippen molar-refractivity contribution in [3.63, 3.8) is 0 Å². The second kappa shape index (κ2) is 4.94. The molecule has 15 heavy (non-hydrogen) atoms. The molecule has 82 valence electrons. The lowest BCUT2D eigenvalue weighted by Gasteiger charge is -2.08. The van der Waals surface area contributed by atoms with Crippen molar-refractivity contribution >= 4 is 5.91 Å². The Morgan fingerprint density at radius 3 is 2.33 bits per heavy atom. The molecule has 1 amide bonds. The first-order chi connectivity index (χ1) is 6.99. The highest BCUT2D eigenvalue weighted by atomic mass is 16.3. The average molecular weight is 207 g/mol. The summed E-state index contributed by atoms with van der Waals surface area (Å²) in [5.74, 6) is -0.136. The Bertz CT molecular complexity index is 338. The van der Waals surface area contributed by atoms with Crippen LogP contribution in [0.1, 0.15) is 28.4 Å². The van der Waals surface area contributed by atoms with Crippen LogP contribution < -0.4 is 5.32 Å². The summed E-state index contributed by atoms with van der Waals surface area (Å²) in [5.41, 5.74) is 2.78. The molecule has 0 spiro atoms. The third-order valence-electron chi connectivity index (χ3n) is 2.04. The molecule has 1 aromatic rings. The third kappa shape index (κ3) is 3.72. The molecule has 0 radical (unpaired) electrons. The summed E-state index contributed by atoms with van der Waals surface area (Å²) in [6, 6.07) is 5.69. The van der Waals surface area contributed by atoms with Crippen LogP contribution in [0.4, 0.5) is 0 Å². The quantitative estimate of drug-likeness (QED) is 0.787. The zero-order valence-electron chi connectivity index (χ0n) is 9.37. The summed E-state index contributed by atoms with van der Waals surface area (Å²) in [5, 5.41) is 11.7. The molecule has 0 aliphatic carbocycles. The SMILES string of the molecule is Cc1cc(C)cc(C(=O)NCC(C)O)c1. The fourth-order valence-electron chi connectivity index (χ4n) is 1.45. The van der Waals surface area contributed by atoms with E-state index in [1.807, 2.05) is 32.0 Å². The smallest absolute Gasteiger partial charge is 0.251 e. The molecule has 0 saturated heterocycles. The van der Waals surface area contributed by atoms with Crippen molar-refractivity contribution < 1.29 is 9.90 Å². The molecule has 3 nitrogen and oxygen atoms in total. The van der Waals surface area contributed by atoms with Crippen LogP contribution in [0.3, 0.4) is 0 Å². The van der Waals surface area contributed by atoms with E-state index in [1.54, 1.807) is 6.92 Å². The maximum absolute atomic E-state index is 11.6. The Kier molecular flexibility index (Phi) is 3.86. The predicted octanol–water partition coefficient (Wildman–Crippen LogP) is 1.41. The van der Waals surface area contributed by atoms with Crippen molar-refractivity contribution in [3.8, 4) is 0 Å². The van der Waals surface area contributed by atoms with Gasteiger partial charge in [0.15, 0.2) is 0 Å². The number of aliphatic hydroxyl groups is 1. The van der Waals surface area contributed by atoms with Gasteiger partial charge in [0, 0.05) is 12.1 Å². The van der Waals surface area contributed by atoms with Gasteiger partial charge < -0.3 is 10.4 Å². The van der Waals surface area contributed by atoms with Crippen molar-refractivity contribution in [1.29, 1.82) is 0 Å². The number of aryl methyl sites for hydroxylation is 2. The van der Waals surface area contributed by atoms with Crippen LogP contribution >= 0.6 is 0 Å². The van der Waals surface area contributed by atoms with E-state index in [2.05, 4.69) is 5.32 Å². The predicted molar refractivity (Wildman–Crippen MR) is 59.9 cm³/mol. The Labute approximate surface area is 90.1 Å². The van der Waals surface area contributed by atoms with Gasteiger partial charge in [-0.15, -0.1) is 0 Å². The number of carbonyl (C=O) groups is 1. The molecule has 1 aromatic carbocycles. The molecule has 0 aliphatic rings. The fourth-order valence-corrected chi connectivity index (χ4v) is 1.45. The molecule has 0 heterocycles. The summed E-state index contributed by atoms with van der Waals surface area (Å²) >= 11 is 0. The summed E-state index contributed by atoms with van der Waals surface area (Å²) in [4.78, 5) is 11.6. The second-order valence-corrected chi connectivity index (χ2v) is 3.94. The van der Waals surface area contributed by atoms with Crippen LogP contribution in [0.5, 0.6) is 0 Å². The molecular formula is C12H17NO2. The van der Waals surface area contributed by atoms with Crippen molar-refractivity contribution in [1.82, 2.24) is 5.32 Å². The first-order valence-corrected chi connectivity index (χ1v) is 5.03. The van der Waals surface area contributed by atoms with E-state index in [0.29, 0.717) is 5.56 Å². The number of carbonyl (C=O) groups excluding carboxylic acids is 1. The molecule has 2 N–H and O–H groups in total. The highest BCUT2D eigenvalue weighted by molar-refractivity contribution is 5.94. The minimum Gasteiger partial charge on any atom is -0.392 e. The summed E-state index contributed by atoms with van der Waals surface area (Å²) in [7, 11) is 0. The van der Waals surface area contributed by atoms with Crippen LogP contribution in [-0.2, 0) is 0 Å². The standard InChI is InChI=1S/C12H17NO2/c1-8-4-9(2)6-11(5-8)12(15)13-7-10(3)14/h4-6,10,14H,7H2,1-3H3,(H,13,15). The monoisotopic (exact) mass is 207 g/mol. The van der Waals surface area contributed by atoms with Crippen LogP contribution in [0.2, 0.25) is 0 Å². The van der Waals surface area contributed by atoms with Crippen LogP contribution in [0.15, 0.2) is 18.2 Å². The van der Waals surface area contributed by atoms with Crippen molar-refractivity contribution in [2.24, 2.45) is 0 Å². The highest BCUT2D eigenvalue weighted by Gasteiger charge is 2.06. The zero-order valence-corrected chi connectivity index (χ0v) is 9.37. The van der Waals surface area contributed by atoms with Gasteiger partial charge in [-0.3, -0.25) is 4.79 Å². The maximum atomic E-state index is 11.6. The first kappa shape index (κ1) is 11.7. The zero-order chi connectivity index (χ0) is 11.4. The van der Waals surface area contributed by atoms with Crippen LogP contribution in [-0.4, -0.2) is 23.7 Å². The van der Waals surface area contributed by atoms with Gasteiger partial charge in [-0.2, -0.15) is 0 Å². The molecule has 0 aliphatic heterocycles. The molecule has 0 fully saturated rings. The van der Waals surface area contributed by atoms with E-state index in [4.69, 9.17) is 5.11 Å².